The predicted octanol–water partition coefficient (Wildman–Crippen LogP) is 1.23. The predicted molar refractivity (Wildman–Crippen MR) is 79.9 cm³/mol. The van der Waals surface area contributed by atoms with Gasteiger partial charge in [-0.25, -0.2) is 0 Å². The van der Waals surface area contributed by atoms with Crippen molar-refractivity contribution in [1.82, 2.24) is 4.90 Å². The summed E-state index contributed by atoms with van der Waals surface area (Å²) in [6.07, 6.45) is 3.91. The second-order valence-corrected chi connectivity index (χ2v) is 5.90. The number of aliphatic carboxylic acids is 1. The van der Waals surface area contributed by atoms with Crippen molar-refractivity contribution in [3.8, 4) is 0 Å². The molecule has 1 aliphatic rings. The fourth-order valence-electron chi connectivity index (χ4n) is 3.01. The molecule has 3 N–H and O–H groups in total. The highest BCUT2D eigenvalue weighted by atomic mass is 16.5. The SMILES string of the molecule is CCCC1(C(=O)O)CCN(C(=O)C(N)CCCOC)CC1. The first-order valence-corrected chi connectivity index (χ1v) is 7.73. The number of carboxylic acids is 1. The van der Waals surface area contributed by atoms with Gasteiger partial charge in [0.2, 0.25) is 5.91 Å². The highest BCUT2D eigenvalue weighted by Crippen LogP contribution is 2.36. The van der Waals surface area contributed by atoms with Gasteiger partial charge in [-0.3, -0.25) is 9.59 Å². The number of rotatable bonds is 8. The van der Waals surface area contributed by atoms with Gasteiger partial charge in [-0.05, 0) is 32.1 Å². The number of hydrogen-bond acceptors (Lipinski definition) is 4. The minimum Gasteiger partial charge on any atom is -0.481 e. The molecule has 0 saturated carbocycles. The average Bonchev–Trinajstić information content (AvgIpc) is 2.47. The van der Waals surface area contributed by atoms with Crippen molar-refractivity contribution in [3.05, 3.63) is 0 Å². The Kier molecular flexibility index (Phi) is 7.11. The maximum atomic E-state index is 12.2. The van der Waals surface area contributed by atoms with Crippen LogP contribution in [0.15, 0.2) is 0 Å². The van der Waals surface area contributed by atoms with Crippen molar-refractivity contribution >= 4 is 11.9 Å². The van der Waals surface area contributed by atoms with E-state index in [9.17, 15) is 14.7 Å². The van der Waals surface area contributed by atoms with Gasteiger partial charge in [-0.1, -0.05) is 13.3 Å². The zero-order valence-electron chi connectivity index (χ0n) is 13.1. The Labute approximate surface area is 126 Å². The zero-order valence-corrected chi connectivity index (χ0v) is 13.1. The standard InChI is InChI=1S/C15H28N2O4/c1-3-6-15(14(19)20)7-9-17(10-8-15)13(18)12(16)5-4-11-21-2/h12H,3-11,16H2,1-2H3,(H,19,20). The molecule has 0 aromatic heterocycles. The van der Waals surface area contributed by atoms with Crippen LogP contribution in [0.3, 0.4) is 0 Å². The van der Waals surface area contributed by atoms with Crippen molar-refractivity contribution in [2.75, 3.05) is 26.8 Å². The molecule has 0 spiro atoms. The maximum Gasteiger partial charge on any atom is 0.309 e. The molecule has 1 amide bonds. The first kappa shape index (κ1) is 17.9. The maximum absolute atomic E-state index is 12.2. The third kappa shape index (κ3) is 4.68. The van der Waals surface area contributed by atoms with Gasteiger partial charge in [-0.15, -0.1) is 0 Å². The smallest absolute Gasteiger partial charge is 0.309 e. The number of nitrogens with zero attached hydrogens (tertiary/aromatic N) is 1. The van der Waals surface area contributed by atoms with Crippen LogP contribution in [0.25, 0.3) is 0 Å². The molecule has 0 aromatic rings. The molecule has 122 valence electrons. The monoisotopic (exact) mass is 300 g/mol. The number of piperidine rings is 1. The average molecular weight is 300 g/mol. The Morgan fingerprint density at radius 3 is 2.48 bits per heavy atom. The second-order valence-electron chi connectivity index (χ2n) is 5.90. The minimum atomic E-state index is -0.735. The number of carboxylic acid groups (broad SMARTS) is 1. The lowest BCUT2D eigenvalue weighted by atomic mass is 9.75. The first-order valence-electron chi connectivity index (χ1n) is 7.73. The summed E-state index contributed by atoms with van der Waals surface area (Å²) in [6, 6.07) is -0.511. The van der Waals surface area contributed by atoms with Gasteiger partial charge in [0.05, 0.1) is 11.5 Å². The summed E-state index contributed by atoms with van der Waals surface area (Å²) in [4.78, 5) is 25.5. The Balaban J connectivity index is 2.51. The van der Waals surface area contributed by atoms with Gasteiger partial charge >= 0.3 is 5.97 Å². The Morgan fingerprint density at radius 1 is 1.38 bits per heavy atom. The van der Waals surface area contributed by atoms with E-state index in [2.05, 4.69) is 0 Å². The molecule has 0 radical (unpaired) electrons. The molecule has 6 nitrogen and oxygen atoms in total. The van der Waals surface area contributed by atoms with Crippen molar-refractivity contribution in [2.24, 2.45) is 11.1 Å². The third-order valence-electron chi connectivity index (χ3n) is 4.40. The van der Waals surface area contributed by atoms with Crippen LogP contribution in [0.5, 0.6) is 0 Å². The number of hydrogen-bond donors (Lipinski definition) is 2. The highest BCUT2D eigenvalue weighted by Gasteiger charge is 2.41. The van der Waals surface area contributed by atoms with Gasteiger partial charge in [0.25, 0.3) is 0 Å². The number of amides is 1. The van der Waals surface area contributed by atoms with E-state index < -0.39 is 17.4 Å². The first-order chi connectivity index (χ1) is 9.96. The zero-order chi connectivity index (χ0) is 15.9. The largest absolute Gasteiger partial charge is 0.481 e. The summed E-state index contributed by atoms with van der Waals surface area (Å²) in [6.45, 7) is 3.57. The van der Waals surface area contributed by atoms with Crippen LogP contribution in [0, 0.1) is 5.41 Å². The van der Waals surface area contributed by atoms with E-state index >= 15 is 0 Å². The number of ether oxygens (including phenoxy) is 1. The summed E-state index contributed by atoms with van der Waals surface area (Å²) >= 11 is 0. The third-order valence-corrected chi connectivity index (χ3v) is 4.40. The molecule has 0 aromatic carbocycles. The van der Waals surface area contributed by atoms with Gasteiger partial charge in [0.15, 0.2) is 0 Å². The molecule has 1 heterocycles. The molecule has 21 heavy (non-hydrogen) atoms. The number of methoxy groups -OCH3 is 1. The van der Waals surface area contributed by atoms with Gasteiger partial charge in [0, 0.05) is 26.8 Å². The number of likely N-dealkylation sites (tertiary alicyclic amines) is 1. The van der Waals surface area contributed by atoms with Gasteiger partial charge in [0.1, 0.15) is 0 Å². The van der Waals surface area contributed by atoms with Crippen LogP contribution in [0.1, 0.15) is 45.4 Å². The van der Waals surface area contributed by atoms with Crippen LogP contribution >= 0.6 is 0 Å². The van der Waals surface area contributed by atoms with Crippen LogP contribution in [-0.2, 0) is 14.3 Å². The van der Waals surface area contributed by atoms with Crippen molar-refractivity contribution < 1.29 is 19.4 Å². The molecule has 1 unspecified atom stereocenters. The van der Waals surface area contributed by atoms with Crippen molar-refractivity contribution in [1.29, 1.82) is 0 Å². The lowest BCUT2D eigenvalue weighted by Gasteiger charge is -2.39. The van der Waals surface area contributed by atoms with E-state index in [1.807, 2.05) is 6.92 Å². The normalized spacial score (nSPS) is 19.3. The summed E-state index contributed by atoms with van der Waals surface area (Å²) in [5.41, 5.74) is 5.25. The highest BCUT2D eigenvalue weighted by molar-refractivity contribution is 5.82. The molecular weight excluding hydrogens is 272 g/mol. The molecule has 1 saturated heterocycles. The topological polar surface area (TPSA) is 92.9 Å². The Morgan fingerprint density at radius 2 is 2.00 bits per heavy atom. The molecule has 1 fully saturated rings. The van der Waals surface area contributed by atoms with Crippen molar-refractivity contribution in [2.45, 2.75) is 51.5 Å². The summed E-state index contributed by atoms with van der Waals surface area (Å²) in [5.74, 6) is -0.803. The second kappa shape index (κ2) is 8.34. The van der Waals surface area contributed by atoms with Crippen LogP contribution < -0.4 is 5.73 Å². The number of carbonyl (C=O) groups excluding carboxylic acids is 1. The summed E-state index contributed by atoms with van der Waals surface area (Å²) in [5, 5.41) is 9.46. The quantitative estimate of drug-likeness (QED) is 0.658. The molecule has 6 heteroatoms. The minimum absolute atomic E-state index is 0.0680. The van der Waals surface area contributed by atoms with E-state index in [0.29, 0.717) is 45.4 Å². The molecule has 0 bridgehead atoms. The van der Waals surface area contributed by atoms with E-state index in [1.54, 1.807) is 12.0 Å². The molecule has 1 atom stereocenters. The Bertz CT molecular complexity index is 352. The van der Waals surface area contributed by atoms with E-state index in [0.717, 1.165) is 12.8 Å². The van der Waals surface area contributed by atoms with E-state index in [-0.39, 0.29) is 5.91 Å². The Hall–Kier alpha value is -1.14. The fraction of sp³-hybridized carbons (Fsp3) is 0.867. The fourth-order valence-corrected chi connectivity index (χ4v) is 3.01. The molecule has 0 aliphatic carbocycles. The van der Waals surface area contributed by atoms with Crippen LogP contribution in [0.4, 0.5) is 0 Å². The summed E-state index contributed by atoms with van der Waals surface area (Å²) < 4.78 is 4.95. The molecule has 1 rings (SSSR count). The van der Waals surface area contributed by atoms with Gasteiger partial charge < -0.3 is 20.5 Å². The lowest BCUT2D eigenvalue weighted by molar-refractivity contribution is -0.155. The number of nitrogens with two attached hydrogens (primary N) is 1. The molecule has 1 aliphatic heterocycles. The van der Waals surface area contributed by atoms with Crippen molar-refractivity contribution in [3.63, 3.8) is 0 Å². The van der Waals surface area contributed by atoms with Gasteiger partial charge in [-0.2, -0.15) is 0 Å². The van der Waals surface area contributed by atoms with Crippen LogP contribution in [0.2, 0.25) is 0 Å². The van der Waals surface area contributed by atoms with E-state index in [1.165, 1.54) is 0 Å². The number of carbonyl (C=O) groups is 2. The molecular formula is C15H28N2O4. The summed E-state index contributed by atoms with van der Waals surface area (Å²) in [7, 11) is 1.62. The van der Waals surface area contributed by atoms with E-state index in [4.69, 9.17) is 10.5 Å². The van der Waals surface area contributed by atoms with Crippen LogP contribution in [-0.4, -0.2) is 54.7 Å². The lowest BCUT2D eigenvalue weighted by Crippen LogP contribution is -2.51.